The van der Waals surface area contributed by atoms with Crippen LogP contribution in [0, 0.1) is 63.8 Å². The third-order valence-corrected chi connectivity index (χ3v) is 2.81. The molecule has 10 radical (unpaired) electrons. The molecule has 1 aromatic rings. The van der Waals surface area contributed by atoms with Crippen molar-refractivity contribution in [3.63, 3.8) is 0 Å². The molecule has 104 valence electrons. The van der Waals surface area contributed by atoms with Crippen molar-refractivity contribution in [3.05, 3.63) is 88.4 Å². The van der Waals surface area contributed by atoms with Gasteiger partial charge in [0.1, 0.15) is 0 Å². The van der Waals surface area contributed by atoms with E-state index in [1.807, 2.05) is 44.9 Å². The Morgan fingerprint density at radius 2 is 1.35 bits per heavy atom. The quantitative estimate of drug-likeness (QED) is 0.654. The minimum absolute atomic E-state index is 0. The van der Waals surface area contributed by atoms with E-state index in [0.717, 1.165) is 19.5 Å². The summed E-state index contributed by atoms with van der Waals surface area (Å²) in [4.78, 5) is 0. The number of hydrogen-bond acceptors (Lipinski definition) is 1. The van der Waals surface area contributed by atoms with Gasteiger partial charge in [0, 0.05) is 25.0 Å². The monoisotopic (exact) mass is 308 g/mol. The molecule has 0 amide bonds. The van der Waals surface area contributed by atoms with E-state index in [9.17, 15) is 0 Å². The normalized spacial score (nSPS) is 18.4. The fourth-order valence-electron chi connectivity index (χ4n) is 1.83. The van der Waals surface area contributed by atoms with Crippen LogP contribution in [0.25, 0.3) is 0 Å². The maximum Gasteiger partial charge on any atom is 2.00 e. The minimum Gasteiger partial charge on any atom is -0.354 e. The molecule has 0 unspecified atom stereocenters. The number of hydrogen-bond donors (Lipinski definition) is 1. The molecule has 2 nitrogen and oxygen atoms in total. The first-order chi connectivity index (χ1) is 9.45. The fourth-order valence-corrected chi connectivity index (χ4v) is 1.83. The number of nitrogens with zero attached hydrogens (tertiary/aromatic N) is 1. The van der Waals surface area contributed by atoms with Gasteiger partial charge in [0.05, 0.1) is 0 Å². The Hall–Kier alpha value is -0.241. The second-order valence-corrected chi connectivity index (χ2v) is 4.34. The molecule has 1 aromatic heterocycles. The Balaban J connectivity index is 0.000000283. The summed E-state index contributed by atoms with van der Waals surface area (Å²) < 4.78 is 2.20. The van der Waals surface area contributed by atoms with Crippen molar-refractivity contribution < 1.29 is 17.1 Å². The predicted molar refractivity (Wildman–Crippen MR) is 79.0 cm³/mol. The molecule has 0 spiro atoms. The number of nitrogens with one attached hydrogen (secondary N) is 1. The molecule has 3 heteroatoms. The average Bonchev–Trinajstić information content (AvgIpc) is 3.18. The third-order valence-electron chi connectivity index (χ3n) is 2.81. The van der Waals surface area contributed by atoms with Crippen molar-refractivity contribution in [1.82, 2.24) is 9.88 Å². The van der Waals surface area contributed by atoms with Crippen LogP contribution in [0.5, 0.6) is 0 Å². The Labute approximate surface area is 135 Å². The summed E-state index contributed by atoms with van der Waals surface area (Å²) in [7, 11) is 0. The topological polar surface area (TPSA) is 17.0 Å². The van der Waals surface area contributed by atoms with Gasteiger partial charge in [0.15, 0.2) is 0 Å². The molecule has 0 atom stereocenters. The zero-order valence-corrected chi connectivity index (χ0v) is 12.5. The molecule has 0 saturated heterocycles. The third kappa shape index (κ3) is 7.52. The van der Waals surface area contributed by atoms with E-state index in [2.05, 4.69) is 47.3 Å². The second-order valence-electron chi connectivity index (χ2n) is 4.34. The summed E-state index contributed by atoms with van der Waals surface area (Å²) >= 11 is 0. The summed E-state index contributed by atoms with van der Waals surface area (Å²) in [5.74, 6) is 0. The van der Waals surface area contributed by atoms with Crippen LogP contribution in [0.2, 0.25) is 0 Å². The minimum atomic E-state index is 0. The smallest absolute Gasteiger partial charge is 0.354 e. The van der Waals surface area contributed by atoms with Crippen LogP contribution in [-0.4, -0.2) is 11.1 Å². The number of aromatic nitrogens is 1. The van der Waals surface area contributed by atoms with Crippen LogP contribution < -0.4 is 5.32 Å². The largest absolute Gasteiger partial charge is 2.00 e. The van der Waals surface area contributed by atoms with Crippen LogP contribution in [0.15, 0.2) is 24.5 Å². The number of aryl methyl sites for hydroxylation is 1. The van der Waals surface area contributed by atoms with E-state index in [1.54, 1.807) is 0 Å². The van der Waals surface area contributed by atoms with Gasteiger partial charge < -0.3 is 9.88 Å². The molecule has 2 aliphatic carbocycles. The Morgan fingerprint density at radius 1 is 0.800 bits per heavy atom. The first-order valence-corrected chi connectivity index (χ1v) is 6.68. The number of rotatable bonds is 5. The van der Waals surface area contributed by atoms with Crippen LogP contribution in [-0.2, 0) is 23.6 Å². The maximum absolute atomic E-state index is 3.37. The van der Waals surface area contributed by atoms with Gasteiger partial charge in [-0.3, -0.25) is 0 Å². The zero-order valence-electron chi connectivity index (χ0n) is 11.4. The summed E-state index contributed by atoms with van der Waals surface area (Å²) in [6, 6.07) is 5.34. The van der Waals surface area contributed by atoms with Crippen molar-refractivity contribution in [3.8, 4) is 0 Å². The van der Waals surface area contributed by atoms with E-state index in [4.69, 9.17) is 0 Å². The average molecular weight is 308 g/mol. The molecular weight excluding hydrogens is 288 g/mol. The summed E-state index contributed by atoms with van der Waals surface area (Å²) in [5, 5.41) is 3.37. The van der Waals surface area contributed by atoms with E-state index in [0.29, 0.717) is 0 Å². The molecule has 1 N–H and O–H groups in total. The van der Waals surface area contributed by atoms with Crippen LogP contribution in [0.4, 0.5) is 0 Å². The first-order valence-electron chi connectivity index (χ1n) is 6.68. The molecule has 3 rings (SSSR count). The molecule has 1 heterocycles. The van der Waals surface area contributed by atoms with Crippen molar-refractivity contribution in [2.75, 3.05) is 6.54 Å². The van der Waals surface area contributed by atoms with Crippen molar-refractivity contribution in [1.29, 1.82) is 0 Å². The standard InChI is InChI=1S/C12H15N2.C5H5.Fe/c1-2-7-12(6-1)13-8-5-11-14-9-3-4-10-14;1-2-4-5-3-1;/h1-4,6-7,9-10,13H,5,8,11H2;1-5H;/q;;+2. The molecule has 0 aromatic carbocycles. The Morgan fingerprint density at radius 3 is 1.90 bits per heavy atom. The van der Waals surface area contributed by atoms with Crippen molar-refractivity contribution in [2.45, 2.75) is 13.0 Å². The van der Waals surface area contributed by atoms with Crippen molar-refractivity contribution >= 4 is 0 Å². The SMILES string of the molecule is [CH]1[CH][CH][CH][CH]1.[CH]1[CH][CH][C](NCCCn2cccc2)[CH]1.[Fe+2]. The molecule has 2 fully saturated rings. The Kier molecular flexibility index (Phi) is 10.2. The van der Waals surface area contributed by atoms with E-state index < -0.39 is 0 Å². The van der Waals surface area contributed by atoms with E-state index in [1.165, 1.54) is 6.04 Å². The first kappa shape index (κ1) is 17.8. The van der Waals surface area contributed by atoms with Gasteiger partial charge in [-0.2, -0.15) is 0 Å². The van der Waals surface area contributed by atoms with Gasteiger partial charge in [-0.05, 0) is 82.9 Å². The van der Waals surface area contributed by atoms with Crippen molar-refractivity contribution in [2.24, 2.45) is 0 Å². The molecule has 2 aliphatic rings. The van der Waals surface area contributed by atoms with Gasteiger partial charge in [-0.1, -0.05) is 0 Å². The molecule has 0 bridgehead atoms. The van der Waals surface area contributed by atoms with Gasteiger partial charge in [0.25, 0.3) is 0 Å². The van der Waals surface area contributed by atoms with Crippen LogP contribution in [0.1, 0.15) is 6.42 Å². The zero-order chi connectivity index (χ0) is 13.2. The second kappa shape index (κ2) is 11.4. The van der Waals surface area contributed by atoms with E-state index in [-0.39, 0.29) is 17.1 Å². The molecule has 0 aliphatic heterocycles. The fraction of sp³-hybridized carbons (Fsp3) is 0.176. The summed E-state index contributed by atoms with van der Waals surface area (Å²) in [6.07, 6.45) is 23.6. The van der Waals surface area contributed by atoms with E-state index >= 15 is 0 Å². The molecular formula is C17H20FeN2+2. The van der Waals surface area contributed by atoms with Gasteiger partial charge in [-0.25, -0.2) is 0 Å². The van der Waals surface area contributed by atoms with Gasteiger partial charge in [0.2, 0.25) is 0 Å². The summed E-state index contributed by atoms with van der Waals surface area (Å²) in [5.41, 5.74) is 0. The molecule has 20 heavy (non-hydrogen) atoms. The van der Waals surface area contributed by atoms with Crippen LogP contribution in [0.3, 0.4) is 0 Å². The maximum atomic E-state index is 3.37. The van der Waals surface area contributed by atoms with Gasteiger partial charge in [-0.15, -0.1) is 0 Å². The predicted octanol–water partition coefficient (Wildman–Crippen LogP) is 2.85. The molecule has 2 saturated carbocycles. The summed E-state index contributed by atoms with van der Waals surface area (Å²) in [6.45, 7) is 2.11. The Bertz CT molecular complexity index is 293. The van der Waals surface area contributed by atoms with Gasteiger partial charge >= 0.3 is 17.1 Å². The van der Waals surface area contributed by atoms with Crippen LogP contribution >= 0.6 is 0 Å².